The maximum absolute atomic E-state index is 11.9. The van der Waals surface area contributed by atoms with Crippen molar-refractivity contribution < 1.29 is 10.0 Å². The highest BCUT2D eigenvalue weighted by atomic mass is 16.4. The smallest absolute Gasteiger partial charge is 0.276 e. The molecule has 0 aliphatic carbocycles. The number of amides is 1. The van der Waals surface area contributed by atoms with Gasteiger partial charge >= 0.3 is 0 Å². The number of hydrogen-bond acceptors (Lipinski definition) is 4. The Bertz CT molecular complexity index is 631. The van der Waals surface area contributed by atoms with Crippen molar-refractivity contribution in [2.45, 2.75) is 6.92 Å². The van der Waals surface area contributed by atoms with E-state index in [2.05, 4.69) is 15.6 Å². The van der Waals surface area contributed by atoms with Crippen LogP contribution < -0.4 is 5.32 Å². The van der Waals surface area contributed by atoms with E-state index in [0.717, 1.165) is 5.56 Å². The van der Waals surface area contributed by atoms with Crippen molar-refractivity contribution in [2.75, 3.05) is 5.32 Å². The van der Waals surface area contributed by atoms with Gasteiger partial charge in [0.15, 0.2) is 5.69 Å². The molecule has 6 heteroatoms. The zero-order valence-corrected chi connectivity index (χ0v) is 10.7. The predicted molar refractivity (Wildman–Crippen MR) is 71.6 cm³/mol. The number of anilines is 1. The SMILES string of the molecule is C/C(=N/O)c1cccc(NC(=O)c2ccn(C)n2)c1. The molecular formula is C13H14N4O2. The summed E-state index contributed by atoms with van der Waals surface area (Å²) in [5.74, 6) is -0.281. The lowest BCUT2D eigenvalue weighted by Gasteiger charge is -2.05. The summed E-state index contributed by atoms with van der Waals surface area (Å²) in [6.07, 6.45) is 1.70. The molecule has 1 heterocycles. The van der Waals surface area contributed by atoms with Crippen LogP contribution in [0, 0.1) is 0 Å². The lowest BCUT2D eigenvalue weighted by molar-refractivity contribution is 0.102. The molecule has 0 fully saturated rings. The van der Waals surface area contributed by atoms with E-state index in [9.17, 15) is 4.79 Å². The topological polar surface area (TPSA) is 79.5 Å². The second kappa shape index (κ2) is 5.34. The average molecular weight is 258 g/mol. The summed E-state index contributed by atoms with van der Waals surface area (Å²) in [4.78, 5) is 11.9. The van der Waals surface area contributed by atoms with Crippen molar-refractivity contribution in [2.24, 2.45) is 12.2 Å². The Morgan fingerprint density at radius 3 is 2.84 bits per heavy atom. The molecule has 0 aliphatic rings. The third kappa shape index (κ3) is 2.98. The minimum Gasteiger partial charge on any atom is -0.411 e. The largest absolute Gasteiger partial charge is 0.411 e. The Morgan fingerprint density at radius 2 is 2.21 bits per heavy atom. The van der Waals surface area contributed by atoms with Crippen molar-refractivity contribution in [3.8, 4) is 0 Å². The molecule has 1 aromatic carbocycles. The van der Waals surface area contributed by atoms with Crippen LogP contribution in [0.3, 0.4) is 0 Å². The van der Waals surface area contributed by atoms with Gasteiger partial charge < -0.3 is 10.5 Å². The molecule has 2 N–H and O–H groups in total. The molecule has 0 aliphatic heterocycles. The number of hydrogen-bond donors (Lipinski definition) is 2. The Morgan fingerprint density at radius 1 is 1.42 bits per heavy atom. The normalized spacial score (nSPS) is 11.4. The van der Waals surface area contributed by atoms with Gasteiger partial charge in [0, 0.05) is 24.5 Å². The molecule has 6 nitrogen and oxygen atoms in total. The van der Waals surface area contributed by atoms with Crippen molar-refractivity contribution in [1.82, 2.24) is 9.78 Å². The van der Waals surface area contributed by atoms with Crippen LogP contribution in [0.5, 0.6) is 0 Å². The van der Waals surface area contributed by atoms with E-state index in [-0.39, 0.29) is 5.91 Å². The van der Waals surface area contributed by atoms with Gasteiger partial charge in [0.2, 0.25) is 0 Å². The highest BCUT2D eigenvalue weighted by Crippen LogP contribution is 2.12. The van der Waals surface area contributed by atoms with Gasteiger partial charge in [-0.3, -0.25) is 9.48 Å². The van der Waals surface area contributed by atoms with Crippen LogP contribution in [0.2, 0.25) is 0 Å². The second-order valence-corrected chi connectivity index (χ2v) is 4.09. The molecule has 0 saturated carbocycles. The van der Waals surface area contributed by atoms with Crippen LogP contribution in [0.4, 0.5) is 5.69 Å². The quantitative estimate of drug-likeness (QED) is 0.501. The van der Waals surface area contributed by atoms with E-state index in [1.54, 1.807) is 55.2 Å². The van der Waals surface area contributed by atoms with Gasteiger partial charge in [0.05, 0.1) is 5.71 Å². The third-order valence-electron chi connectivity index (χ3n) is 2.63. The van der Waals surface area contributed by atoms with Crippen LogP contribution in [0.1, 0.15) is 23.0 Å². The number of aryl methyl sites for hydroxylation is 1. The van der Waals surface area contributed by atoms with Crippen molar-refractivity contribution in [1.29, 1.82) is 0 Å². The minimum absolute atomic E-state index is 0.281. The Balaban J connectivity index is 2.17. The van der Waals surface area contributed by atoms with Crippen LogP contribution >= 0.6 is 0 Å². The van der Waals surface area contributed by atoms with Gasteiger partial charge in [-0.15, -0.1) is 0 Å². The molecule has 19 heavy (non-hydrogen) atoms. The second-order valence-electron chi connectivity index (χ2n) is 4.09. The highest BCUT2D eigenvalue weighted by Gasteiger charge is 2.09. The molecule has 98 valence electrons. The number of aromatic nitrogens is 2. The summed E-state index contributed by atoms with van der Waals surface area (Å²) in [6, 6.07) is 8.70. The predicted octanol–water partition coefficient (Wildman–Crippen LogP) is 1.87. The van der Waals surface area contributed by atoms with E-state index >= 15 is 0 Å². The summed E-state index contributed by atoms with van der Waals surface area (Å²) < 4.78 is 1.56. The van der Waals surface area contributed by atoms with Gasteiger partial charge in [-0.1, -0.05) is 17.3 Å². The van der Waals surface area contributed by atoms with Crippen molar-refractivity contribution in [3.05, 3.63) is 47.8 Å². The van der Waals surface area contributed by atoms with Gasteiger partial charge in [-0.05, 0) is 25.1 Å². The molecule has 0 unspecified atom stereocenters. The molecule has 2 aromatic rings. The van der Waals surface area contributed by atoms with Crippen LogP contribution in [-0.4, -0.2) is 26.6 Å². The van der Waals surface area contributed by atoms with Crippen LogP contribution in [-0.2, 0) is 7.05 Å². The molecule has 0 spiro atoms. The standard InChI is InChI=1S/C13H14N4O2/c1-9(16-19)10-4-3-5-11(8-10)14-13(18)12-6-7-17(2)15-12/h3-8,19H,1-2H3,(H,14,18)/b16-9-. The summed E-state index contributed by atoms with van der Waals surface area (Å²) in [7, 11) is 1.75. The van der Waals surface area contributed by atoms with Crippen molar-refractivity contribution in [3.63, 3.8) is 0 Å². The molecule has 1 amide bonds. The number of oxime groups is 1. The Hall–Kier alpha value is -2.63. The summed E-state index contributed by atoms with van der Waals surface area (Å²) >= 11 is 0. The number of carbonyl (C=O) groups excluding carboxylic acids is 1. The van der Waals surface area contributed by atoms with E-state index in [1.807, 2.05) is 0 Å². The zero-order chi connectivity index (χ0) is 13.8. The molecule has 0 atom stereocenters. The first-order valence-electron chi connectivity index (χ1n) is 5.70. The fourth-order valence-corrected chi connectivity index (χ4v) is 1.61. The van der Waals surface area contributed by atoms with E-state index < -0.39 is 0 Å². The van der Waals surface area contributed by atoms with Gasteiger partial charge in [-0.2, -0.15) is 5.10 Å². The molecule has 2 rings (SSSR count). The lowest BCUT2D eigenvalue weighted by atomic mass is 10.1. The van der Waals surface area contributed by atoms with Crippen LogP contribution in [0.15, 0.2) is 41.7 Å². The van der Waals surface area contributed by atoms with E-state index in [0.29, 0.717) is 17.1 Å². The first kappa shape index (κ1) is 12.8. The Kier molecular flexibility index (Phi) is 3.61. The molecule has 0 saturated heterocycles. The Labute approximate surface area is 110 Å². The summed E-state index contributed by atoms with van der Waals surface area (Å²) in [5, 5.41) is 18.6. The maximum Gasteiger partial charge on any atom is 0.276 e. The third-order valence-corrected chi connectivity index (χ3v) is 2.63. The molecule has 0 radical (unpaired) electrons. The van der Waals surface area contributed by atoms with Gasteiger partial charge in [0.1, 0.15) is 0 Å². The maximum atomic E-state index is 11.9. The number of nitrogens with zero attached hydrogens (tertiary/aromatic N) is 3. The number of carbonyl (C=O) groups is 1. The first-order valence-corrected chi connectivity index (χ1v) is 5.70. The van der Waals surface area contributed by atoms with Gasteiger partial charge in [-0.25, -0.2) is 0 Å². The average Bonchev–Trinajstić information content (AvgIpc) is 2.85. The zero-order valence-electron chi connectivity index (χ0n) is 10.7. The van der Waals surface area contributed by atoms with Gasteiger partial charge in [0.25, 0.3) is 5.91 Å². The minimum atomic E-state index is -0.281. The fourth-order valence-electron chi connectivity index (χ4n) is 1.61. The molecular weight excluding hydrogens is 244 g/mol. The summed E-state index contributed by atoms with van der Waals surface area (Å²) in [5.41, 5.74) is 2.19. The number of benzene rings is 1. The molecule has 1 aromatic heterocycles. The number of rotatable bonds is 3. The monoisotopic (exact) mass is 258 g/mol. The first-order chi connectivity index (χ1) is 9.10. The molecule has 0 bridgehead atoms. The highest BCUT2D eigenvalue weighted by molar-refractivity contribution is 6.04. The summed E-state index contributed by atoms with van der Waals surface area (Å²) in [6.45, 7) is 1.68. The van der Waals surface area contributed by atoms with E-state index in [1.165, 1.54) is 0 Å². The number of nitrogens with one attached hydrogen (secondary N) is 1. The fraction of sp³-hybridized carbons (Fsp3) is 0.154. The van der Waals surface area contributed by atoms with Crippen molar-refractivity contribution >= 4 is 17.3 Å². The lowest BCUT2D eigenvalue weighted by Crippen LogP contribution is -2.13. The van der Waals surface area contributed by atoms with Crippen LogP contribution in [0.25, 0.3) is 0 Å². The van der Waals surface area contributed by atoms with E-state index in [4.69, 9.17) is 5.21 Å².